The van der Waals surface area contributed by atoms with E-state index in [1.165, 1.54) is 0 Å². The van der Waals surface area contributed by atoms with Gasteiger partial charge in [0.05, 0.1) is 6.42 Å². The van der Waals surface area contributed by atoms with E-state index in [4.69, 9.17) is 4.74 Å². The zero-order valence-corrected chi connectivity index (χ0v) is 16.1. The number of anilines is 1. The molecule has 1 amide bonds. The largest absolute Gasteiger partial charge is 0.455 e. The average molecular weight is 373 g/mol. The topological polar surface area (TPSA) is 55.4 Å². The summed E-state index contributed by atoms with van der Waals surface area (Å²) < 4.78 is 5.11. The molecule has 3 aromatic rings. The molecule has 0 spiro atoms. The average Bonchev–Trinajstić information content (AvgIpc) is 2.70. The molecule has 0 heterocycles. The number of aryl methyl sites for hydroxylation is 2. The van der Waals surface area contributed by atoms with Gasteiger partial charge in [0.15, 0.2) is 6.61 Å². The smallest absolute Gasteiger partial charge is 0.310 e. The maximum Gasteiger partial charge on any atom is 0.310 e. The van der Waals surface area contributed by atoms with Gasteiger partial charge in [-0.05, 0) is 42.2 Å². The van der Waals surface area contributed by atoms with Crippen LogP contribution in [-0.4, -0.2) is 18.5 Å². The van der Waals surface area contributed by atoms with Gasteiger partial charge in [-0.25, -0.2) is 0 Å². The molecule has 0 fully saturated rings. The Morgan fingerprint density at radius 3 is 2.21 bits per heavy atom. The van der Waals surface area contributed by atoms with Gasteiger partial charge in [-0.15, -0.1) is 0 Å². The van der Waals surface area contributed by atoms with E-state index in [2.05, 4.69) is 5.32 Å². The highest BCUT2D eigenvalue weighted by Crippen LogP contribution is 2.19. The first-order valence-electron chi connectivity index (χ1n) is 9.18. The van der Waals surface area contributed by atoms with Crippen molar-refractivity contribution >= 4 is 17.6 Å². The third-order valence-corrected chi connectivity index (χ3v) is 4.43. The first-order valence-corrected chi connectivity index (χ1v) is 9.18. The number of esters is 1. The highest BCUT2D eigenvalue weighted by atomic mass is 16.5. The zero-order valence-electron chi connectivity index (χ0n) is 16.1. The highest BCUT2D eigenvalue weighted by Gasteiger charge is 2.10. The quantitative estimate of drug-likeness (QED) is 0.638. The molecule has 4 heteroatoms. The number of carbonyl (C=O) groups is 2. The van der Waals surface area contributed by atoms with Crippen molar-refractivity contribution in [3.8, 4) is 11.1 Å². The van der Waals surface area contributed by atoms with Crippen molar-refractivity contribution in [1.29, 1.82) is 0 Å². The standard InChI is InChI=1S/C24H23NO3/c1-17-8-13-22(18(2)14-17)25-23(26)16-28-24(27)15-19-9-11-21(12-10-19)20-6-4-3-5-7-20/h3-14H,15-16H2,1-2H3,(H,25,26). The van der Waals surface area contributed by atoms with Crippen LogP contribution in [0.3, 0.4) is 0 Å². The number of carbonyl (C=O) groups excluding carboxylic acids is 2. The van der Waals surface area contributed by atoms with Crippen LogP contribution in [0.1, 0.15) is 16.7 Å². The molecular formula is C24H23NO3. The minimum atomic E-state index is -0.428. The van der Waals surface area contributed by atoms with Crippen molar-refractivity contribution in [1.82, 2.24) is 0 Å². The molecule has 28 heavy (non-hydrogen) atoms. The van der Waals surface area contributed by atoms with E-state index in [0.29, 0.717) is 0 Å². The van der Waals surface area contributed by atoms with Crippen molar-refractivity contribution in [2.45, 2.75) is 20.3 Å². The molecule has 1 N–H and O–H groups in total. The second-order valence-corrected chi connectivity index (χ2v) is 6.77. The third kappa shape index (κ3) is 5.30. The van der Waals surface area contributed by atoms with Crippen LogP contribution >= 0.6 is 0 Å². The molecular weight excluding hydrogens is 350 g/mol. The number of hydrogen-bond donors (Lipinski definition) is 1. The Kier molecular flexibility index (Phi) is 6.22. The summed E-state index contributed by atoms with van der Waals surface area (Å²) in [6.45, 7) is 3.62. The van der Waals surface area contributed by atoms with Crippen molar-refractivity contribution in [3.05, 3.63) is 89.5 Å². The molecule has 142 valence electrons. The van der Waals surface area contributed by atoms with E-state index >= 15 is 0 Å². The molecule has 0 radical (unpaired) electrons. The molecule has 3 rings (SSSR count). The van der Waals surface area contributed by atoms with Crippen molar-refractivity contribution in [2.24, 2.45) is 0 Å². The Balaban J connectivity index is 1.49. The van der Waals surface area contributed by atoms with E-state index in [-0.39, 0.29) is 18.9 Å². The van der Waals surface area contributed by atoms with Crippen LogP contribution in [0.5, 0.6) is 0 Å². The fraction of sp³-hybridized carbons (Fsp3) is 0.167. The second-order valence-electron chi connectivity index (χ2n) is 6.77. The van der Waals surface area contributed by atoms with Gasteiger partial charge in [0, 0.05) is 5.69 Å². The maximum absolute atomic E-state index is 12.0. The number of ether oxygens (including phenoxy) is 1. The molecule has 0 aliphatic carbocycles. The SMILES string of the molecule is Cc1ccc(NC(=O)COC(=O)Cc2ccc(-c3ccccc3)cc2)c(C)c1. The molecule has 0 bridgehead atoms. The van der Waals surface area contributed by atoms with E-state index in [9.17, 15) is 9.59 Å². The van der Waals surface area contributed by atoms with Crippen LogP contribution in [-0.2, 0) is 20.7 Å². The fourth-order valence-corrected chi connectivity index (χ4v) is 2.95. The molecule has 0 saturated carbocycles. The first kappa shape index (κ1) is 19.4. The Labute approximate surface area is 165 Å². The third-order valence-electron chi connectivity index (χ3n) is 4.43. The molecule has 4 nitrogen and oxygen atoms in total. The summed E-state index contributed by atoms with van der Waals surface area (Å²) >= 11 is 0. The van der Waals surface area contributed by atoms with Gasteiger partial charge < -0.3 is 10.1 Å². The lowest BCUT2D eigenvalue weighted by atomic mass is 10.0. The van der Waals surface area contributed by atoms with Gasteiger partial charge in [0.2, 0.25) is 0 Å². The Morgan fingerprint density at radius 2 is 1.54 bits per heavy atom. The van der Waals surface area contributed by atoms with Gasteiger partial charge in [-0.3, -0.25) is 9.59 Å². The summed E-state index contributed by atoms with van der Waals surface area (Å²) in [4.78, 5) is 24.1. The monoisotopic (exact) mass is 373 g/mol. The Hall–Kier alpha value is -3.40. The first-order chi connectivity index (χ1) is 13.5. The number of amides is 1. The minimum absolute atomic E-state index is 0.131. The van der Waals surface area contributed by atoms with Crippen LogP contribution in [0.2, 0.25) is 0 Å². The van der Waals surface area contributed by atoms with E-state index in [1.54, 1.807) is 0 Å². The van der Waals surface area contributed by atoms with Crippen LogP contribution in [0.15, 0.2) is 72.8 Å². The number of rotatable bonds is 6. The lowest BCUT2D eigenvalue weighted by Gasteiger charge is -2.10. The van der Waals surface area contributed by atoms with Gasteiger partial charge in [0.25, 0.3) is 5.91 Å². The Bertz CT molecular complexity index is 963. The predicted octanol–water partition coefficient (Wildman–Crippen LogP) is 4.69. The van der Waals surface area contributed by atoms with Gasteiger partial charge in [0.1, 0.15) is 0 Å². The molecule has 0 saturated heterocycles. The molecule has 0 unspecified atom stereocenters. The fourth-order valence-electron chi connectivity index (χ4n) is 2.95. The summed E-state index contributed by atoms with van der Waals surface area (Å²) in [7, 11) is 0. The predicted molar refractivity (Wildman–Crippen MR) is 111 cm³/mol. The second kappa shape index (κ2) is 9.00. The highest BCUT2D eigenvalue weighted by molar-refractivity contribution is 5.93. The summed E-state index contributed by atoms with van der Waals surface area (Å²) in [5.74, 6) is -0.775. The number of benzene rings is 3. The lowest BCUT2D eigenvalue weighted by molar-refractivity contribution is -0.146. The number of hydrogen-bond acceptors (Lipinski definition) is 3. The molecule has 3 aromatic carbocycles. The van der Waals surface area contributed by atoms with Crippen LogP contribution in [0, 0.1) is 13.8 Å². The van der Waals surface area contributed by atoms with Crippen molar-refractivity contribution in [2.75, 3.05) is 11.9 Å². The van der Waals surface area contributed by atoms with E-state index < -0.39 is 5.97 Å². The molecule has 0 aromatic heterocycles. The van der Waals surface area contributed by atoms with Crippen molar-refractivity contribution in [3.63, 3.8) is 0 Å². The molecule has 0 atom stereocenters. The van der Waals surface area contributed by atoms with E-state index in [0.717, 1.165) is 33.5 Å². The van der Waals surface area contributed by atoms with Crippen molar-refractivity contribution < 1.29 is 14.3 Å². The summed E-state index contributed by atoms with van der Waals surface area (Å²) in [5, 5.41) is 2.77. The van der Waals surface area contributed by atoms with Gasteiger partial charge in [-0.1, -0.05) is 72.3 Å². The van der Waals surface area contributed by atoms with Crippen LogP contribution < -0.4 is 5.32 Å². The number of nitrogens with one attached hydrogen (secondary N) is 1. The van der Waals surface area contributed by atoms with Crippen LogP contribution in [0.4, 0.5) is 5.69 Å². The summed E-state index contributed by atoms with van der Waals surface area (Å²) in [6, 6.07) is 23.6. The maximum atomic E-state index is 12.0. The summed E-state index contributed by atoms with van der Waals surface area (Å²) in [5.41, 5.74) is 5.88. The van der Waals surface area contributed by atoms with Gasteiger partial charge in [-0.2, -0.15) is 0 Å². The zero-order chi connectivity index (χ0) is 19.9. The summed E-state index contributed by atoms with van der Waals surface area (Å²) in [6.07, 6.45) is 0.131. The Morgan fingerprint density at radius 1 is 0.857 bits per heavy atom. The molecule has 0 aliphatic heterocycles. The van der Waals surface area contributed by atoms with Gasteiger partial charge >= 0.3 is 5.97 Å². The lowest BCUT2D eigenvalue weighted by Crippen LogP contribution is -2.22. The van der Waals surface area contributed by atoms with Crippen LogP contribution in [0.25, 0.3) is 11.1 Å². The minimum Gasteiger partial charge on any atom is -0.455 e. The normalized spacial score (nSPS) is 10.4. The van der Waals surface area contributed by atoms with E-state index in [1.807, 2.05) is 86.6 Å². The molecule has 0 aliphatic rings.